The van der Waals surface area contributed by atoms with Gasteiger partial charge in [0.15, 0.2) is 0 Å². The van der Waals surface area contributed by atoms with Crippen molar-refractivity contribution in [1.82, 2.24) is 10.6 Å². The van der Waals surface area contributed by atoms with E-state index < -0.39 is 12.1 Å². The Hall–Kier alpha value is -1.40. The molecule has 5 nitrogen and oxygen atoms in total. The van der Waals surface area contributed by atoms with E-state index in [9.17, 15) is 14.7 Å². The standard InChI is InChI=1S/C17H26N2O3S/c1-10(2)9-13(14-5-4-8-23-14)18-17(22)15(11(3)20)19-16(21)12-6-7-12/h4-5,8,10-13,15,20H,6-7,9H2,1-3H3,(H,18,22)(H,19,21). The summed E-state index contributed by atoms with van der Waals surface area (Å²) in [5, 5.41) is 17.5. The molecule has 0 bridgehead atoms. The van der Waals surface area contributed by atoms with Crippen molar-refractivity contribution in [3.05, 3.63) is 22.4 Å². The van der Waals surface area contributed by atoms with Crippen LogP contribution in [-0.4, -0.2) is 29.1 Å². The monoisotopic (exact) mass is 338 g/mol. The molecule has 1 saturated carbocycles. The molecule has 1 aromatic rings. The van der Waals surface area contributed by atoms with E-state index in [1.807, 2.05) is 17.5 Å². The number of rotatable bonds is 8. The van der Waals surface area contributed by atoms with Crippen LogP contribution in [0, 0.1) is 11.8 Å². The molecule has 0 radical (unpaired) electrons. The molecule has 2 amide bonds. The Balaban J connectivity index is 2.03. The maximum atomic E-state index is 12.6. The summed E-state index contributed by atoms with van der Waals surface area (Å²) in [6.07, 6.45) is 1.62. The van der Waals surface area contributed by atoms with Gasteiger partial charge in [-0.25, -0.2) is 0 Å². The summed E-state index contributed by atoms with van der Waals surface area (Å²) in [5.74, 6) is -0.0307. The van der Waals surface area contributed by atoms with Crippen LogP contribution in [0.25, 0.3) is 0 Å². The second kappa shape index (κ2) is 7.93. The lowest BCUT2D eigenvalue weighted by molar-refractivity contribution is -0.132. The lowest BCUT2D eigenvalue weighted by Crippen LogP contribution is -2.53. The Kier molecular flexibility index (Phi) is 6.18. The first kappa shape index (κ1) is 17.9. The van der Waals surface area contributed by atoms with Crippen molar-refractivity contribution >= 4 is 23.2 Å². The van der Waals surface area contributed by atoms with Crippen LogP contribution in [-0.2, 0) is 9.59 Å². The van der Waals surface area contributed by atoms with E-state index in [1.54, 1.807) is 11.3 Å². The van der Waals surface area contributed by atoms with Crippen LogP contribution in [0.15, 0.2) is 17.5 Å². The zero-order chi connectivity index (χ0) is 17.0. The number of aliphatic hydroxyl groups is 1. The van der Waals surface area contributed by atoms with E-state index in [2.05, 4.69) is 24.5 Å². The fourth-order valence-corrected chi connectivity index (χ4v) is 3.28. The Bertz CT molecular complexity index is 524. The molecule has 3 atom stereocenters. The molecule has 1 heterocycles. The summed E-state index contributed by atoms with van der Waals surface area (Å²) in [7, 11) is 0. The second-order valence-corrected chi connectivity index (χ2v) is 7.69. The van der Waals surface area contributed by atoms with E-state index >= 15 is 0 Å². The second-order valence-electron chi connectivity index (χ2n) is 6.71. The number of amides is 2. The summed E-state index contributed by atoms with van der Waals surface area (Å²) in [6, 6.07) is 2.96. The van der Waals surface area contributed by atoms with E-state index in [4.69, 9.17) is 0 Å². The van der Waals surface area contributed by atoms with Crippen molar-refractivity contribution in [2.24, 2.45) is 11.8 Å². The van der Waals surface area contributed by atoms with Gasteiger partial charge in [-0.1, -0.05) is 19.9 Å². The number of carbonyl (C=O) groups excluding carboxylic acids is 2. The summed E-state index contributed by atoms with van der Waals surface area (Å²) >= 11 is 1.60. The van der Waals surface area contributed by atoms with Gasteiger partial charge >= 0.3 is 0 Å². The van der Waals surface area contributed by atoms with E-state index in [0.717, 1.165) is 24.1 Å². The van der Waals surface area contributed by atoms with E-state index in [-0.39, 0.29) is 23.8 Å². The molecule has 0 aromatic carbocycles. The molecule has 2 rings (SSSR count). The molecule has 1 fully saturated rings. The van der Waals surface area contributed by atoms with Crippen molar-refractivity contribution in [3.63, 3.8) is 0 Å². The third kappa shape index (κ3) is 5.32. The van der Waals surface area contributed by atoms with Crippen LogP contribution >= 0.6 is 11.3 Å². The van der Waals surface area contributed by atoms with Gasteiger partial charge in [-0.15, -0.1) is 11.3 Å². The SMILES string of the molecule is CC(C)CC(NC(=O)C(NC(=O)C1CC1)C(C)O)c1cccs1. The predicted molar refractivity (Wildman–Crippen MR) is 91.0 cm³/mol. The van der Waals surface area contributed by atoms with Crippen LogP contribution in [0.4, 0.5) is 0 Å². The molecule has 6 heteroatoms. The van der Waals surface area contributed by atoms with Crippen molar-refractivity contribution in [2.75, 3.05) is 0 Å². The summed E-state index contributed by atoms with van der Waals surface area (Å²) < 4.78 is 0. The van der Waals surface area contributed by atoms with Gasteiger partial charge in [-0.2, -0.15) is 0 Å². The first-order valence-electron chi connectivity index (χ1n) is 8.20. The van der Waals surface area contributed by atoms with E-state index in [0.29, 0.717) is 5.92 Å². The molecule has 3 N–H and O–H groups in total. The van der Waals surface area contributed by atoms with E-state index in [1.165, 1.54) is 6.92 Å². The molecule has 128 valence electrons. The highest BCUT2D eigenvalue weighted by atomic mass is 32.1. The molecular formula is C17H26N2O3S. The number of nitrogens with one attached hydrogen (secondary N) is 2. The molecule has 23 heavy (non-hydrogen) atoms. The Morgan fingerprint density at radius 2 is 2.00 bits per heavy atom. The molecule has 1 aliphatic carbocycles. The van der Waals surface area contributed by atoms with Gasteiger partial charge in [-0.3, -0.25) is 9.59 Å². The van der Waals surface area contributed by atoms with Crippen LogP contribution in [0.3, 0.4) is 0 Å². The topological polar surface area (TPSA) is 78.4 Å². The molecular weight excluding hydrogens is 312 g/mol. The first-order chi connectivity index (χ1) is 10.9. The third-order valence-corrected chi connectivity index (χ3v) is 4.91. The summed E-state index contributed by atoms with van der Waals surface area (Å²) in [6.45, 7) is 5.74. The van der Waals surface area contributed by atoms with Gasteiger partial charge in [0.05, 0.1) is 12.1 Å². The maximum Gasteiger partial charge on any atom is 0.245 e. The van der Waals surface area contributed by atoms with Crippen LogP contribution in [0.5, 0.6) is 0 Å². The van der Waals surface area contributed by atoms with Crippen LogP contribution in [0.1, 0.15) is 51.0 Å². The van der Waals surface area contributed by atoms with Crippen LogP contribution in [0.2, 0.25) is 0 Å². The fourth-order valence-electron chi connectivity index (χ4n) is 2.49. The van der Waals surface area contributed by atoms with Gasteiger partial charge in [0.25, 0.3) is 0 Å². The summed E-state index contributed by atoms with van der Waals surface area (Å²) in [5.41, 5.74) is 0. The molecule has 0 aliphatic heterocycles. The smallest absolute Gasteiger partial charge is 0.245 e. The minimum absolute atomic E-state index is 0.00723. The summed E-state index contributed by atoms with van der Waals surface area (Å²) in [4.78, 5) is 25.6. The van der Waals surface area contributed by atoms with Crippen molar-refractivity contribution in [3.8, 4) is 0 Å². The minimum Gasteiger partial charge on any atom is -0.391 e. The molecule has 0 saturated heterocycles. The zero-order valence-corrected chi connectivity index (χ0v) is 14.7. The van der Waals surface area contributed by atoms with Crippen molar-refractivity contribution < 1.29 is 14.7 Å². The average molecular weight is 338 g/mol. The lowest BCUT2D eigenvalue weighted by Gasteiger charge is -2.25. The number of carbonyl (C=O) groups is 2. The Morgan fingerprint density at radius 3 is 2.48 bits per heavy atom. The number of thiophene rings is 1. The highest BCUT2D eigenvalue weighted by Gasteiger charge is 2.34. The minimum atomic E-state index is -0.930. The predicted octanol–water partition coefficient (Wildman–Crippen LogP) is 2.23. The molecule has 1 aromatic heterocycles. The van der Waals surface area contributed by atoms with Gasteiger partial charge in [0, 0.05) is 10.8 Å². The molecule has 0 spiro atoms. The Morgan fingerprint density at radius 1 is 1.30 bits per heavy atom. The fraction of sp³-hybridized carbons (Fsp3) is 0.647. The maximum absolute atomic E-state index is 12.6. The van der Waals surface area contributed by atoms with Crippen LogP contribution < -0.4 is 10.6 Å². The lowest BCUT2D eigenvalue weighted by atomic mass is 10.0. The van der Waals surface area contributed by atoms with Crippen molar-refractivity contribution in [1.29, 1.82) is 0 Å². The van der Waals surface area contributed by atoms with Gasteiger partial charge in [0.2, 0.25) is 11.8 Å². The largest absolute Gasteiger partial charge is 0.391 e. The highest BCUT2D eigenvalue weighted by molar-refractivity contribution is 7.10. The normalized spacial score (nSPS) is 18.3. The van der Waals surface area contributed by atoms with Gasteiger partial charge < -0.3 is 15.7 Å². The number of hydrogen-bond donors (Lipinski definition) is 3. The molecule has 3 unspecified atom stereocenters. The Labute approximate surface area is 141 Å². The van der Waals surface area contributed by atoms with Gasteiger partial charge in [0.1, 0.15) is 6.04 Å². The van der Waals surface area contributed by atoms with Crippen molar-refractivity contribution in [2.45, 2.75) is 58.2 Å². The zero-order valence-electron chi connectivity index (χ0n) is 13.9. The average Bonchev–Trinajstić information content (AvgIpc) is 3.17. The quantitative estimate of drug-likeness (QED) is 0.680. The first-order valence-corrected chi connectivity index (χ1v) is 9.08. The molecule has 1 aliphatic rings. The third-order valence-electron chi connectivity index (χ3n) is 3.92. The van der Waals surface area contributed by atoms with Gasteiger partial charge in [-0.05, 0) is 43.6 Å². The number of hydrogen-bond acceptors (Lipinski definition) is 4. The highest BCUT2D eigenvalue weighted by Crippen LogP contribution is 2.29. The number of aliphatic hydroxyl groups excluding tert-OH is 1.